The van der Waals surface area contributed by atoms with Crippen LogP contribution in [0.1, 0.15) is 5.56 Å². The van der Waals surface area contributed by atoms with Gasteiger partial charge in [0.25, 0.3) is 0 Å². The molecule has 0 saturated heterocycles. The van der Waals surface area contributed by atoms with Gasteiger partial charge in [-0.2, -0.15) is 0 Å². The number of benzene rings is 1. The molecule has 1 aromatic rings. The van der Waals surface area contributed by atoms with Gasteiger partial charge in [-0.1, -0.05) is 6.07 Å². The van der Waals surface area contributed by atoms with Crippen molar-refractivity contribution in [1.29, 1.82) is 0 Å². The predicted molar refractivity (Wildman–Crippen MR) is 60.4 cm³/mol. The molecule has 0 atom stereocenters. The lowest BCUT2D eigenvalue weighted by atomic mass is 10.2. The summed E-state index contributed by atoms with van der Waals surface area (Å²) in [5.74, 6) is 1.04. The SMILES string of the molecule is COc1ccc(C=C(Cl)[N+](=O)[O-])cc1OC. The lowest BCUT2D eigenvalue weighted by Gasteiger charge is -2.07. The number of rotatable bonds is 4. The lowest BCUT2D eigenvalue weighted by molar-refractivity contribution is -0.410. The number of methoxy groups -OCH3 is 2. The van der Waals surface area contributed by atoms with Crippen molar-refractivity contribution in [3.8, 4) is 11.5 Å². The Labute approximate surface area is 97.4 Å². The Balaban J connectivity index is 3.09. The minimum Gasteiger partial charge on any atom is -0.493 e. The summed E-state index contributed by atoms with van der Waals surface area (Å²) in [4.78, 5) is 9.66. The summed E-state index contributed by atoms with van der Waals surface area (Å²) >= 11 is 5.41. The second-order valence-electron chi connectivity index (χ2n) is 2.84. The molecule has 0 saturated carbocycles. The number of ether oxygens (including phenoxy) is 2. The topological polar surface area (TPSA) is 61.6 Å². The third kappa shape index (κ3) is 2.87. The quantitative estimate of drug-likeness (QED) is 0.463. The smallest absolute Gasteiger partial charge is 0.337 e. The van der Waals surface area contributed by atoms with E-state index in [2.05, 4.69) is 0 Å². The fraction of sp³-hybridized carbons (Fsp3) is 0.200. The number of hydrogen-bond acceptors (Lipinski definition) is 4. The molecule has 86 valence electrons. The molecule has 0 fully saturated rings. The van der Waals surface area contributed by atoms with Crippen LogP contribution in [0.15, 0.2) is 23.4 Å². The van der Waals surface area contributed by atoms with Crippen molar-refractivity contribution >= 4 is 17.7 Å². The van der Waals surface area contributed by atoms with E-state index in [1.54, 1.807) is 18.2 Å². The molecule has 0 radical (unpaired) electrons. The molecule has 0 aliphatic heterocycles. The van der Waals surface area contributed by atoms with Crippen LogP contribution >= 0.6 is 11.6 Å². The second kappa shape index (κ2) is 5.37. The molecule has 0 bridgehead atoms. The molecular weight excluding hydrogens is 234 g/mol. The van der Waals surface area contributed by atoms with E-state index in [9.17, 15) is 10.1 Å². The zero-order chi connectivity index (χ0) is 12.1. The van der Waals surface area contributed by atoms with E-state index >= 15 is 0 Å². The van der Waals surface area contributed by atoms with E-state index in [0.717, 1.165) is 0 Å². The molecule has 0 aliphatic rings. The van der Waals surface area contributed by atoms with Gasteiger partial charge in [0.2, 0.25) is 0 Å². The van der Waals surface area contributed by atoms with Crippen molar-refractivity contribution in [1.82, 2.24) is 0 Å². The number of nitro groups is 1. The van der Waals surface area contributed by atoms with Crippen LogP contribution in [0.25, 0.3) is 6.08 Å². The summed E-state index contributed by atoms with van der Waals surface area (Å²) < 4.78 is 10.1. The van der Waals surface area contributed by atoms with Gasteiger partial charge in [0.05, 0.1) is 19.1 Å². The molecular formula is C10H10ClNO4. The molecule has 16 heavy (non-hydrogen) atoms. The van der Waals surface area contributed by atoms with Crippen LogP contribution in [0, 0.1) is 10.1 Å². The maximum absolute atomic E-state index is 10.3. The maximum atomic E-state index is 10.3. The summed E-state index contributed by atoms with van der Waals surface area (Å²) in [5, 5.41) is 9.88. The Hall–Kier alpha value is -1.75. The Bertz CT molecular complexity index is 431. The van der Waals surface area contributed by atoms with Crippen molar-refractivity contribution < 1.29 is 14.4 Å². The van der Waals surface area contributed by atoms with Crippen molar-refractivity contribution in [2.45, 2.75) is 0 Å². The summed E-state index contributed by atoms with van der Waals surface area (Å²) in [6.45, 7) is 0. The standard InChI is InChI=1S/C10H10ClNO4/c1-15-8-4-3-7(5-9(8)16-2)6-10(11)12(13)14/h3-6H,1-2H3. The molecule has 5 nitrogen and oxygen atoms in total. The Kier molecular flexibility index (Phi) is 4.13. The number of halogens is 1. The van der Waals surface area contributed by atoms with E-state index < -0.39 is 10.1 Å². The maximum Gasteiger partial charge on any atom is 0.337 e. The van der Waals surface area contributed by atoms with Crippen molar-refractivity contribution in [3.05, 3.63) is 39.0 Å². The van der Waals surface area contributed by atoms with Gasteiger partial charge in [-0.05, 0) is 29.3 Å². The van der Waals surface area contributed by atoms with E-state index in [0.29, 0.717) is 17.1 Å². The average molecular weight is 244 g/mol. The number of hydrogen-bond donors (Lipinski definition) is 0. The first-order chi connectivity index (χ1) is 7.58. The highest BCUT2D eigenvalue weighted by Gasteiger charge is 2.08. The molecule has 6 heteroatoms. The van der Waals surface area contributed by atoms with Crippen LogP contribution < -0.4 is 9.47 Å². The first kappa shape index (κ1) is 12.3. The van der Waals surface area contributed by atoms with E-state index in [1.165, 1.54) is 20.3 Å². The molecule has 0 aromatic heterocycles. The second-order valence-corrected chi connectivity index (χ2v) is 3.23. The van der Waals surface area contributed by atoms with Crippen molar-refractivity contribution in [2.24, 2.45) is 0 Å². The van der Waals surface area contributed by atoms with Gasteiger partial charge >= 0.3 is 5.16 Å². The van der Waals surface area contributed by atoms with Crippen LogP contribution in [0.4, 0.5) is 0 Å². The lowest BCUT2D eigenvalue weighted by Crippen LogP contribution is -1.92. The molecule has 0 N–H and O–H groups in total. The minimum absolute atomic E-state index is 0.452. The third-order valence-electron chi connectivity index (χ3n) is 1.87. The largest absolute Gasteiger partial charge is 0.493 e. The van der Waals surface area contributed by atoms with Crippen LogP contribution in [0.2, 0.25) is 0 Å². The first-order valence-electron chi connectivity index (χ1n) is 4.32. The van der Waals surface area contributed by atoms with Crippen molar-refractivity contribution in [2.75, 3.05) is 14.2 Å². The summed E-state index contributed by atoms with van der Waals surface area (Å²) in [6, 6.07) is 4.90. The predicted octanol–water partition coefficient (Wildman–Crippen LogP) is 2.52. The summed E-state index contributed by atoms with van der Waals surface area (Å²) in [5.41, 5.74) is 0.569. The fourth-order valence-corrected chi connectivity index (χ4v) is 1.26. The van der Waals surface area contributed by atoms with Gasteiger partial charge in [0.1, 0.15) is 0 Å². The first-order valence-corrected chi connectivity index (χ1v) is 4.70. The fourth-order valence-electron chi connectivity index (χ4n) is 1.13. The molecule has 0 amide bonds. The Morgan fingerprint density at radius 1 is 1.38 bits per heavy atom. The van der Waals surface area contributed by atoms with Gasteiger partial charge in [0, 0.05) is 6.08 Å². The molecule has 0 unspecified atom stereocenters. The number of nitrogens with zero attached hydrogens (tertiary/aromatic N) is 1. The van der Waals surface area contributed by atoms with Gasteiger partial charge in [-0.3, -0.25) is 10.1 Å². The molecule has 0 heterocycles. The van der Waals surface area contributed by atoms with E-state index in [4.69, 9.17) is 21.1 Å². The van der Waals surface area contributed by atoms with Crippen molar-refractivity contribution in [3.63, 3.8) is 0 Å². The zero-order valence-electron chi connectivity index (χ0n) is 8.77. The van der Waals surface area contributed by atoms with Crippen LogP contribution in [0.5, 0.6) is 11.5 Å². The highest BCUT2D eigenvalue weighted by molar-refractivity contribution is 6.29. The molecule has 0 spiro atoms. The average Bonchev–Trinajstić information content (AvgIpc) is 2.28. The van der Waals surface area contributed by atoms with Crippen LogP contribution in [-0.2, 0) is 0 Å². The Morgan fingerprint density at radius 3 is 2.50 bits per heavy atom. The zero-order valence-corrected chi connectivity index (χ0v) is 9.52. The summed E-state index contributed by atoms with van der Waals surface area (Å²) in [6.07, 6.45) is 1.24. The monoisotopic (exact) mass is 243 g/mol. The highest BCUT2D eigenvalue weighted by atomic mass is 35.5. The third-order valence-corrected chi connectivity index (χ3v) is 2.11. The van der Waals surface area contributed by atoms with Gasteiger partial charge in [-0.25, -0.2) is 0 Å². The molecule has 1 aromatic carbocycles. The normalized spacial score (nSPS) is 11.1. The van der Waals surface area contributed by atoms with Gasteiger partial charge in [0.15, 0.2) is 11.5 Å². The molecule has 1 rings (SSSR count). The highest BCUT2D eigenvalue weighted by Crippen LogP contribution is 2.28. The van der Waals surface area contributed by atoms with Crippen LogP contribution in [0.3, 0.4) is 0 Å². The van der Waals surface area contributed by atoms with E-state index in [-0.39, 0.29) is 0 Å². The Morgan fingerprint density at radius 2 is 2.00 bits per heavy atom. The van der Waals surface area contributed by atoms with Gasteiger partial charge in [-0.15, -0.1) is 0 Å². The molecule has 0 aliphatic carbocycles. The van der Waals surface area contributed by atoms with Gasteiger partial charge < -0.3 is 9.47 Å². The van der Waals surface area contributed by atoms with E-state index in [1.807, 2.05) is 0 Å². The minimum atomic E-state index is -0.668. The van der Waals surface area contributed by atoms with Crippen LogP contribution in [-0.4, -0.2) is 19.1 Å². The summed E-state index contributed by atoms with van der Waals surface area (Å²) in [7, 11) is 3.00.